The first-order valence-corrected chi connectivity index (χ1v) is 8.18. The van der Waals surface area contributed by atoms with Crippen LogP contribution in [0.5, 0.6) is 0 Å². The van der Waals surface area contributed by atoms with Crippen molar-refractivity contribution in [1.82, 2.24) is 10.3 Å². The first-order valence-electron chi connectivity index (χ1n) is 7.37. The van der Waals surface area contributed by atoms with E-state index in [1.54, 1.807) is 0 Å². The molecule has 1 aromatic rings. The lowest BCUT2D eigenvalue weighted by molar-refractivity contribution is 0.0942. The van der Waals surface area contributed by atoms with Crippen LogP contribution < -0.4 is 16.0 Å². The second kappa shape index (κ2) is 6.43. The quantitative estimate of drug-likeness (QED) is 0.875. The van der Waals surface area contributed by atoms with E-state index in [0.29, 0.717) is 16.6 Å². The van der Waals surface area contributed by atoms with Crippen LogP contribution in [0.2, 0.25) is 0 Å². The zero-order valence-electron chi connectivity index (χ0n) is 12.5. The Labute approximate surface area is 124 Å². The number of nitrogens with two attached hydrogens (primary N) is 1. The highest BCUT2D eigenvalue weighted by Crippen LogP contribution is 2.29. The summed E-state index contributed by atoms with van der Waals surface area (Å²) in [6.45, 7) is 8.10. The number of anilines is 2. The van der Waals surface area contributed by atoms with Crippen molar-refractivity contribution >= 4 is 28.2 Å². The lowest BCUT2D eigenvalue weighted by Gasteiger charge is -2.16. The SMILES string of the molecule is CCN(CC)c1nc(N)c(C(=O)NC2CCC(C)C2)s1. The number of hydrogen-bond donors (Lipinski definition) is 2. The maximum atomic E-state index is 12.3. The van der Waals surface area contributed by atoms with Gasteiger partial charge in [-0.3, -0.25) is 4.79 Å². The number of amides is 1. The molecule has 0 saturated heterocycles. The third kappa shape index (κ3) is 3.23. The van der Waals surface area contributed by atoms with Crippen molar-refractivity contribution in [3.8, 4) is 0 Å². The molecule has 1 amide bonds. The topological polar surface area (TPSA) is 71.2 Å². The maximum Gasteiger partial charge on any atom is 0.265 e. The van der Waals surface area contributed by atoms with Gasteiger partial charge in [-0.2, -0.15) is 0 Å². The molecule has 20 heavy (non-hydrogen) atoms. The molecule has 3 N–H and O–H groups in total. The van der Waals surface area contributed by atoms with Gasteiger partial charge in [0.25, 0.3) is 5.91 Å². The van der Waals surface area contributed by atoms with Gasteiger partial charge in [-0.1, -0.05) is 18.3 Å². The lowest BCUT2D eigenvalue weighted by Crippen LogP contribution is -2.32. The highest BCUT2D eigenvalue weighted by Gasteiger charge is 2.25. The lowest BCUT2D eigenvalue weighted by atomic mass is 10.1. The Kier molecular flexibility index (Phi) is 4.86. The number of nitrogens with zero attached hydrogens (tertiary/aromatic N) is 2. The summed E-state index contributed by atoms with van der Waals surface area (Å²) in [6, 6.07) is 0.288. The Hall–Kier alpha value is -1.30. The average Bonchev–Trinajstić information content (AvgIpc) is 2.98. The fourth-order valence-corrected chi connectivity index (χ4v) is 3.72. The van der Waals surface area contributed by atoms with E-state index in [2.05, 4.69) is 36.0 Å². The van der Waals surface area contributed by atoms with Crippen molar-refractivity contribution < 1.29 is 4.79 Å². The van der Waals surface area contributed by atoms with Crippen LogP contribution in [0.1, 0.15) is 49.7 Å². The minimum atomic E-state index is -0.0718. The first kappa shape index (κ1) is 15.1. The molecule has 0 spiro atoms. The smallest absolute Gasteiger partial charge is 0.265 e. The zero-order chi connectivity index (χ0) is 14.7. The van der Waals surface area contributed by atoms with Crippen LogP contribution in [0.4, 0.5) is 10.9 Å². The summed E-state index contributed by atoms with van der Waals surface area (Å²) in [5.41, 5.74) is 5.90. The summed E-state index contributed by atoms with van der Waals surface area (Å²) >= 11 is 1.39. The molecule has 0 radical (unpaired) electrons. The number of aromatic nitrogens is 1. The van der Waals surface area contributed by atoms with Gasteiger partial charge < -0.3 is 16.0 Å². The molecule has 5 nitrogen and oxygen atoms in total. The van der Waals surface area contributed by atoms with Crippen molar-refractivity contribution in [1.29, 1.82) is 0 Å². The molecule has 0 aromatic carbocycles. The summed E-state index contributed by atoms with van der Waals surface area (Å²) in [6.07, 6.45) is 3.32. The minimum Gasteiger partial charge on any atom is -0.382 e. The fourth-order valence-electron chi connectivity index (χ4n) is 2.70. The molecule has 1 aliphatic rings. The Balaban J connectivity index is 2.06. The molecule has 6 heteroatoms. The van der Waals surface area contributed by atoms with Crippen LogP contribution in [0.25, 0.3) is 0 Å². The Morgan fingerprint density at radius 1 is 1.45 bits per heavy atom. The van der Waals surface area contributed by atoms with Crippen molar-refractivity contribution in [2.24, 2.45) is 5.92 Å². The van der Waals surface area contributed by atoms with E-state index in [0.717, 1.165) is 31.1 Å². The summed E-state index contributed by atoms with van der Waals surface area (Å²) in [4.78, 5) is 19.3. The number of rotatable bonds is 5. The predicted molar refractivity (Wildman–Crippen MR) is 84.4 cm³/mol. The zero-order valence-corrected chi connectivity index (χ0v) is 13.3. The number of nitrogen functional groups attached to an aromatic ring is 1. The second-order valence-electron chi connectivity index (χ2n) is 5.47. The van der Waals surface area contributed by atoms with Crippen LogP contribution in [0, 0.1) is 5.92 Å². The molecule has 1 saturated carbocycles. The first-order chi connectivity index (χ1) is 9.55. The van der Waals surface area contributed by atoms with Gasteiger partial charge in [0, 0.05) is 19.1 Å². The monoisotopic (exact) mass is 296 g/mol. The number of carbonyl (C=O) groups is 1. The molecule has 1 aromatic heterocycles. The molecule has 0 aliphatic heterocycles. The summed E-state index contributed by atoms with van der Waals surface area (Å²) in [7, 11) is 0. The molecule has 1 heterocycles. The molecule has 2 atom stereocenters. The maximum absolute atomic E-state index is 12.3. The highest BCUT2D eigenvalue weighted by atomic mass is 32.1. The Bertz CT molecular complexity index is 470. The van der Waals surface area contributed by atoms with Crippen LogP contribution in [0.3, 0.4) is 0 Å². The second-order valence-corrected chi connectivity index (χ2v) is 6.45. The third-order valence-electron chi connectivity index (χ3n) is 3.91. The fraction of sp³-hybridized carbons (Fsp3) is 0.714. The highest BCUT2D eigenvalue weighted by molar-refractivity contribution is 7.18. The van der Waals surface area contributed by atoms with Gasteiger partial charge in [-0.05, 0) is 39.0 Å². The van der Waals surface area contributed by atoms with Crippen molar-refractivity contribution in [2.75, 3.05) is 23.7 Å². The van der Waals surface area contributed by atoms with Crippen LogP contribution in [-0.2, 0) is 0 Å². The largest absolute Gasteiger partial charge is 0.382 e. The van der Waals surface area contributed by atoms with Gasteiger partial charge in [0.2, 0.25) is 0 Å². The van der Waals surface area contributed by atoms with Gasteiger partial charge in [0.15, 0.2) is 5.13 Å². The molecule has 112 valence electrons. The van der Waals surface area contributed by atoms with E-state index in [1.165, 1.54) is 17.8 Å². The number of nitrogens with one attached hydrogen (secondary N) is 1. The number of thiazole rings is 1. The van der Waals surface area contributed by atoms with Crippen molar-refractivity contribution in [3.63, 3.8) is 0 Å². The molecule has 1 fully saturated rings. The molecular weight excluding hydrogens is 272 g/mol. The van der Waals surface area contributed by atoms with E-state index in [1.807, 2.05) is 0 Å². The summed E-state index contributed by atoms with van der Waals surface area (Å²) in [5, 5.41) is 3.92. The summed E-state index contributed by atoms with van der Waals surface area (Å²) < 4.78 is 0. The average molecular weight is 296 g/mol. The standard InChI is InChI=1S/C14H24N4OS/c1-4-18(5-2)14-17-12(15)11(20-14)13(19)16-10-7-6-9(3)8-10/h9-10H,4-8,15H2,1-3H3,(H,16,19). The molecule has 2 unspecified atom stereocenters. The molecule has 0 bridgehead atoms. The Morgan fingerprint density at radius 3 is 2.70 bits per heavy atom. The van der Waals surface area contributed by atoms with Gasteiger partial charge in [0.1, 0.15) is 10.7 Å². The predicted octanol–water partition coefficient (Wildman–Crippen LogP) is 2.49. The van der Waals surface area contributed by atoms with Gasteiger partial charge in [0.05, 0.1) is 0 Å². The number of carbonyl (C=O) groups excluding carboxylic acids is 1. The van der Waals surface area contributed by atoms with Crippen molar-refractivity contribution in [2.45, 2.75) is 46.1 Å². The van der Waals surface area contributed by atoms with E-state index in [4.69, 9.17) is 5.73 Å². The van der Waals surface area contributed by atoms with Crippen molar-refractivity contribution in [3.05, 3.63) is 4.88 Å². The molecular formula is C14H24N4OS. The molecule has 1 aliphatic carbocycles. The van der Waals surface area contributed by atoms with Crippen LogP contribution >= 0.6 is 11.3 Å². The minimum absolute atomic E-state index is 0.0718. The van der Waals surface area contributed by atoms with Gasteiger partial charge in [-0.15, -0.1) is 0 Å². The van der Waals surface area contributed by atoms with E-state index < -0.39 is 0 Å². The normalized spacial score (nSPS) is 21.9. The number of hydrogen-bond acceptors (Lipinski definition) is 5. The molecule has 2 rings (SSSR count). The Morgan fingerprint density at radius 2 is 2.15 bits per heavy atom. The van der Waals surface area contributed by atoms with Gasteiger partial charge in [-0.25, -0.2) is 4.98 Å². The van der Waals surface area contributed by atoms with E-state index >= 15 is 0 Å². The van der Waals surface area contributed by atoms with E-state index in [-0.39, 0.29) is 11.9 Å². The van der Waals surface area contributed by atoms with Crippen LogP contribution in [-0.4, -0.2) is 30.0 Å². The van der Waals surface area contributed by atoms with Gasteiger partial charge >= 0.3 is 0 Å². The van der Waals surface area contributed by atoms with E-state index in [9.17, 15) is 4.79 Å². The summed E-state index contributed by atoms with van der Waals surface area (Å²) in [5.74, 6) is 0.975. The third-order valence-corrected chi connectivity index (χ3v) is 5.04. The van der Waals surface area contributed by atoms with Crippen LogP contribution in [0.15, 0.2) is 0 Å².